The summed E-state index contributed by atoms with van der Waals surface area (Å²) in [5, 5.41) is 10.0. The SMILES string of the molecule is CCCCCCCCCC1(C#N)CCC(c2ccccc2-c2ccc(CCCC)cc2)CC1. The first kappa shape index (κ1) is 25.6. The van der Waals surface area contributed by atoms with Crippen molar-refractivity contribution in [1.29, 1.82) is 5.26 Å². The quantitative estimate of drug-likeness (QED) is 0.282. The molecule has 1 aliphatic carbocycles. The summed E-state index contributed by atoms with van der Waals surface area (Å²) in [6, 6.07) is 21.0. The molecule has 2 aromatic carbocycles. The largest absolute Gasteiger partial charge is 0.198 e. The molecule has 0 saturated heterocycles. The molecule has 0 aliphatic heterocycles. The molecule has 0 aromatic heterocycles. The monoisotopic (exact) mass is 443 g/mol. The van der Waals surface area contributed by atoms with Crippen LogP contribution in [-0.4, -0.2) is 0 Å². The molecule has 33 heavy (non-hydrogen) atoms. The van der Waals surface area contributed by atoms with Gasteiger partial charge in [0.05, 0.1) is 11.5 Å². The van der Waals surface area contributed by atoms with E-state index in [1.807, 2.05) is 0 Å². The summed E-state index contributed by atoms with van der Waals surface area (Å²) in [5.74, 6) is 0.580. The topological polar surface area (TPSA) is 23.8 Å². The molecule has 1 nitrogen and oxygen atoms in total. The van der Waals surface area contributed by atoms with Crippen molar-refractivity contribution in [2.24, 2.45) is 5.41 Å². The summed E-state index contributed by atoms with van der Waals surface area (Å²) in [6.07, 6.45) is 18.5. The second-order valence-electron chi connectivity index (χ2n) is 10.4. The molecule has 0 unspecified atom stereocenters. The van der Waals surface area contributed by atoms with Crippen LogP contribution >= 0.6 is 0 Å². The number of hydrogen-bond acceptors (Lipinski definition) is 1. The van der Waals surface area contributed by atoms with Gasteiger partial charge in [0.1, 0.15) is 0 Å². The van der Waals surface area contributed by atoms with Gasteiger partial charge in [-0.1, -0.05) is 114 Å². The maximum absolute atomic E-state index is 10.0. The highest BCUT2D eigenvalue weighted by atomic mass is 14.4. The summed E-state index contributed by atoms with van der Waals surface area (Å²) < 4.78 is 0. The Labute approximate surface area is 203 Å². The zero-order valence-corrected chi connectivity index (χ0v) is 21.2. The van der Waals surface area contributed by atoms with Crippen molar-refractivity contribution in [3.8, 4) is 17.2 Å². The molecule has 0 N–H and O–H groups in total. The zero-order valence-electron chi connectivity index (χ0n) is 21.2. The van der Waals surface area contributed by atoms with E-state index >= 15 is 0 Å². The summed E-state index contributed by atoms with van der Waals surface area (Å²) in [4.78, 5) is 0. The van der Waals surface area contributed by atoms with Crippen LogP contribution < -0.4 is 0 Å². The number of aryl methyl sites for hydroxylation is 1. The lowest BCUT2D eigenvalue weighted by Gasteiger charge is -2.36. The van der Waals surface area contributed by atoms with Crippen molar-refractivity contribution >= 4 is 0 Å². The van der Waals surface area contributed by atoms with Crippen LogP contribution in [0.1, 0.15) is 121 Å². The van der Waals surface area contributed by atoms with Crippen LogP contribution in [0, 0.1) is 16.7 Å². The van der Waals surface area contributed by atoms with Crippen LogP contribution in [0.15, 0.2) is 48.5 Å². The molecule has 178 valence electrons. The van der Waals surface area contributed by atoms with Crippen molar-refractivity contribution in [3.63, 3.8) is 0 Å². The lowest BCUT2D eigenvalue weighted by atomic mass is 9.67. The molecule has 0 bridgehead atoms. The van der Waals surface area contributed by atoms with Gasteiger partial charge in [-0.3, -0.25) is 0 Å². The van der Waals surface area contributed by atoms with Crippen LogP contribution in [0.5, 0.6) is 0 Å². The fourth-order valence-electron chi connectivity index (χ4n) is 5.67. The van der Waals surface area contributed by atoms with Crippen LogP contribution in [0.3, 0.4) is 0 Å². The lowest BCUT2D eigenvalue weighted by Crippen LogP contribution is -2.25. The van der Waals surface area contributed by atoms with Gasteiger partial charge in [-0.2, -0.15) is 5.26 Å². The number of hydrogen-bond donors (Lipinski definition) is 0. The van der Waals surface area contributed by atoms with E-state index in [9.17, 15) is 5.26 Å². The first-order chi connectivity index (χ1) is 16.2. The third kappa shape index (κ3) is 7.46. The Bertz CT molecular complexity index is 849. The van der Waals surface area contributed by atoms with Gasteiger partial charge in [-0.05, 0) is 73.1 Å². The minimum Gasteiger partial charge on any atom is -0.198 e. The molecular weight excluding hydrogens is 398 g/mol. The lowest BCUT2D eigenvalue weighted by molar-refractivity contribution is 0.223. The molecule has 1 aliphatic rings. The van der Waals surface area contributed by atoms with Gasteiger partial charge in [0.25, 0.3) is 0 Å². The van der Waals surface area contributed by atoms with Gasteiger partial charge in [0.15, 0.2) is 0 Å². The van der Waals surface area contributed by atoms with Crippen LogP contribution in [0.2, 0.25) is 0 Å². The molecule has 3 rings (SSSR count). The average Bonchev–Trinajstić information content (AvgIpc) is 2.87. The fourth-order valence-corrected chi connectivity index (χ4v) is 5.67. The number of nitrogens with zero attached hydrogens (tertiary/aromatic N) is 1. The molecular formula is C32H45N. The maximum atomic E-state index is 10.0. The summed E-state index contributed by atoms with van der Waals surface area (Å²) in [5.41, 5.74) is 5.59. The molecule has 0 amide bonds. The van der Waals surface area contributed by atoms with Gasteiger partial charge < -0.3 is 0 Å². The van der Waals surface area contributed by atoms with Crippen molar-refractivity contribution < 1.29 is 0 Å². The Hall–Kier alpha value is -2.07. The third-order valence-electron chi connectivity index (χ3n) is 7.92. The Morgan fingerprint density at radius 3 is 2.09 bits per heavy atom. The predicted octanol–water partition coefficient (Wildman–Crippen LogP) is 10.0. The highest BCUT2D eigenvalue weighted by Crippen LogP contribution is 2.47. The number of benzene rings is 2. The molecule has 0 radical (unpaired) electrons. The first-order valence-electron chi connectivity index (χ1n) is 13.8. The van der Waals surface area contributed by atoms with E-state index < -0.39 is 0 Å². The van der Waals surface area contributed by atoms with Gasteiger partial charge in [0, 0.05) is 0 Å². The molecule has 2 aromatic rings. The standard InChI is InChI=1S/C32H45N/c1-3-5-7-8-9-10-13-23-32(26-33)24-21-29(22-25-32)31-16-12-11-15-30(31)28-19-17-27(18-20-28)14-6-4-2/h11-12,15-20,29H,3-10,13-14,21-25H2,1-2H3. The maximum Gasteiger partial charge on any atom is 0.0689 e. The Morgan fingerprint density at radius 1 is 0.788 bits per heavy atom. The molecule has 0 heterocycles. The second kappa shape index (κ2) is 13.6. The highest BCUT2D eigenvalue weighted by molar-refractivity contribution is 5.68. The van der Waals surface area contributed by atoms with E-state index in [0.717, 1.165) is 32.1 Å². The van der Waals surface area contributed by atoms with E-state index in [1.165, 1.54) is 86.5 Å². The Morgan fingerprint density at radius 2 is 1.42 bits per heavy atom. The van der Waals surface area contributed by atoms with E-state index in [-0.39, 0.29) is 5.41 Å². The normalized spacial score (nSPS) is 20.5. The zero-order chi connectivity index (χ0) is 23.4. The minimum absolute atomic E-state index is 0.0736. The molecule has 0 spiro atoms. The average molecular weight is 444 g/mol. The second-order valence-corrected chi connectivity index (χ2v) is 10.4. The van der Waals surface area contributed by atoms with Gasteiger partial charge in [0.2, 0.25) is 0 Å². The minimum atomic E-state index is -0.0736. The molecule has 0 atom stereocenters. The molecule has 1 saturated carbocycles. The van der Waals surface area contributed by atoms with Crippen molar-refractivity contribution in [3.05, 3.63) is 59.7 Å². The van der Waals surface area contributed by atoms with Crippen molar-refractivity contribution in [1.82, 2.24) is 0 Å². The smallest absolute Gasteiger partial charge is 0.0689 e. The number of rotatable bonds is 13. The number of unbranched alkanes of at least 4 members (excludes halogenated alkanes) is 7. The Balaban J connectivity index is 1.57. The third-order valence-corrected chi connectivity index (χ3v) is 7.92. The molecule has 1 fully saturated rings. The van der Waals surface area contributed by atoms with Crippen LogP contribution in [-0.2, 0) is 6.42 Å². The van der Waals surface area contributed by atoms with E-state index in [4.69, 9.17) is 0 Å². The summed E-state index contributed by atoms with van der Waals surface area (Å²) in [7, 11) is 0. The van der Waals surface area contributed by atoms with Crippen molar-refractivity contribution in [2.75, 3.05) is 0 Å². The summed E-state index contributed by atoms with van der Waals surface area (Å²) >= 11 is 0. The number of nitriles is 1. The predicted molar refractivity (Wildman–Crippen MR) is 142 cm³/mol. The first-order valence-corrected chi connectivity index (χ1v) is 13.8. The van der Waals surface area contributed by atoms with Crippen molar-refractivity contribution in [2.45, 2.75) is 116 Å². The van der Waals surface area contributed by atoms with Gasteiger partial charge in [-0.25, -0.2) is 0 Å². The fraction of sp³-hybridized carbons (Fsp3) is 0.594. The van der Waals surface area contributed by atoms with Crippen LogP contribution in [0.4, 0.5) is 0 Å². The van der Waals surface area contributed by atoms with E-state index in [2.05, 4.69) is 68.4 Å². The van der Waals surface area contributed by atoms with Crippen LogP contribution in [0.25, 0.3) is 11.1 Å². The molecule has 1 heteroatoms. The highest BCUT2D eigenvalue weighted by Gasteiger charge is 2.35. The van der Waals surface area contributed by atoms with Gasteiger partial charge >= 0.3 is 0 Å². The van der Waals surface area contributed by atoms with E-state index in [0.29, 0.717) is 5.92 Å². The van der Waals surface area contributed by atoms with Gasteiger partial charge in [-0.15, -0.1) is 0 Å². The Kier molecular flexibility index (Phi) is 10.5. The van der Waals surface area contributed by atoms with E-state index in [1.54, 1.807) is 0 Å². The summed E-state index contributed by atoms with van der Waals surface area (Å²) in [6.45, 7) is 4.53.